The maximum atomic E-state index is 14.2. The SMILES string of the molecule is CC1=c2c(c(F)cc/c2=C/c2ccccc2C)OC(C)(C)C1. The lowest BCUT2D eigenvalue weighted by molar-refractivity contribution is 0.101. The Morgan fingerprint density at radius 1 is 1.09 bits per heavy atom. The van der Waals surface area contributed by atoms with Gasteiger partial charge in [-0.2, -0.15) is 0 Å². The summed E-state index contributed by atoms with van der Waals surface area (Å²) in [6.07, 6.45) is 2.91. The molecule has 3 rings (SSSR count). The zero-order chi connectivity index (χ0) is 15.9. The smallest absolute Gasteiger partial charge is 0.165 e. The maximum absolute atomic E-state index is 14.2. The average Bonchev–Trinajstić information content (AvgIpc) is 2.43. The van der Waals surface area contributed by atoms with Crippen molar-refractivity contribution in [2.45, 2.75) is 39.7 Å². The van der Waals surface area contributed by atoms with E-state index < -0.39 is 0 Å². The average molecular weight is 296 g/mol. The molecule has 0 saturated carbocycles. The van der Waals surface area contributed by atoms with Crippen LogP contribution in [-0.4, -0.2) is 5.60 Å². The quantitative estimate of drug-likeness (QED) is 0.780. The van der Waals surface area contributed by atoms with Crippen LogP contribution in [0.4, 0.5) is 4.39 Å². The van der Waals surface area contributed by atoms with Crippen LogP contribution >= 0.6 is 0 Å². The largest absolute Gasteiger partial charge is 0.484 e. The van der Waals surface area contributed by atoms with Crippen molar-refractivity contribution in [3.8, 4) is 5.75 Å². The van der Waals surface area contributed by atoms with Gasteiger partial charge in [0, 0.05) is 11.6 Å². The summed E-state index contributed by atoms with van der Waals surface area (Å²) in [7, 11) is 0. The highest BCUT2D eigenvalue weighted by Crippen LogP contribution is 2.28. The molecule has 0 fully saturated rings. The van der Waals surface area contributed by atoms with Crippen LogP contribution in [0, 0.1) is 12.7 Å². The lowest BCUT2D eigenvalue weighted by Gasteiger charge is -2.31. The Balaban J connectivity index is 2.32. The van der Waals surface area contributed by atoms with Crippen molar-refractivity contribution in [2.24, 2.45) is 0 Å². The van der Waals surface area contributed by atoms with Gasteiger partial charge in [-0.25, -0.2) is 4.39 Å². The van der Waals surface area contributed by atoms with Gasteiger partial charge < -0.3 is 4.74 Å². The van der Waals surface area contributed by atoms with E-state index in [-0.39, 0.29) is 11.4 Å². The first-order chi connectivity index (χ1) is 10.4. The molecule has 0 aromatic heterocycles. The minimum atomic E-state index is -0.362. The summed E-state index contributed by atoms with van der Waals surface area (Å²) in [5, 5.41) is 1.92. The van der Waals surface area contributed by atoms with E-state index in [0.717, 1.165) is 22.4 Å². The topological polar surface area (TPSA) is 9.23 Å². The van der Waals surface area contributed by atoms with Crippen molar-refractivity contribution in [1.82, 2.24) is 0 Å². The summed E-state index contributed by atoms with van der Waals surface area (Å²) >= 11 is 0. The van der Waals surface area contributed by atoms with E-state index in [4.69, 9.17) is 4.74 Å². The highest BCUT2D eigenvalue weighted by molar-refractivity contribution is 5.58. The second-order valence-corrected chi connectivity index (χ2v) is 6.66. The molecule has 0 N–H and O–H groups in total. The number of hydrogen-bond donors (Lipinski definition) is 0. The fourth-order valence-corrected chi connectivity index (χ4v) is 3.19. The molecule has 0 amide bonds. The highest BCUT2D eigenvalue weighted by Gasteiger charge is 2.28. The van der Waals surface area contributed by atoms with Gasteiger partial charge >= 0.3 is 0 Å². The third-order valence-electron chi connectivity index (χ3n) is 4.14. The van der Waals surface area contributed by atoms with Gasteiger partial charge in [0.15, 0.2) is 11.6 Å². The Labute approximate surface area is 130 Å². The molecule has 1 nitrogen and oxygen atoms in total. The minimum absolute atomic E-state index is 0.288. The molecule has 0 radical (unpaired) electrons. The van der Waals surface area contributed by atoms with Crippen molar-refractivity contribution in [3.05, 3.63) is 63.8 Å². The molecule has 22 heavy (non-hydrogen) atoms. The van der Waals surface area contributed by atoms with E-state index in [1.165, 1.54) is 17.2 Å². The lowest BCUT2D eigenvalue weighted by Crippen LogP contribution is -2.41. The molecule has 2 aromatic carbocycles. The van der Waals surface area contributed by atoms with Gasteiger partial charge in [-0.05, 0) is 56.2 Å². The van der Waals surface area contributed by atoms with Crippen LogP contribution in [0.3, 0.4) is 0 Å². The van der Waals surface area contributed by atoms with Crippen molar-refractivity contribution >= 4 is 11.6 Å². The monoisotopic (exact) mass is 296 g/mol. The van der Waals surface area contributed by atoms with Gasteiger partial charge in [-0.15, -0.1) is 0 Å². The van der Waals surface area contributed by atoms with Crippen LogP contribution in [0.5, 0.6) is 5.75 Å². The second-order valence-electron chi connectivity index (χ2n) is 6.66. The van der Waals surface area contributed by atoms with E-state index in [0.29, 0.717) is 5.75 Å². The van der Waals surface area contributed by atoms with E-state index in [9.17, 15) is 4.39 Å². The molecular formula is C20H21FO. The van der Waals surface area contributed by atoms with Crippen LogP contribution in [0.1, 0.15) is 38.3 Å². The Hall–Kier alpha value is -2.09. The number of halogens is 1. The molecule has 1 aliphatic rings. The molecular weight excluding hydrogens is 275 g/mol. The van der Waals surface area contributed by atoms with Crippen LogP contribution in [-0.2, 0) is 0 Å². The Morgan fingerprint density at radius 2 is 1.82 bits per heavy atom. The van der Waals surface area contributed by atoms with Crippen LogP contribution in [0.15, 0.2) is 36.4 Å². The minimum Gasteiger partial charge on any atom is -0.484 e. The number of rotatable bonds is 1. The summed E-state index contributed by atoms with van der Waals surface area (Å²) in [6.45, 7) is 8.14. The van der Waals surface area contributed by atoms with Crippen LogP contribution in [0.2, 0.25) is 0 Å². The summed E-state index contributed by atoms with van der Waals surface area (Å²) in [5.74, 6) is 0.0974. The Bertz CT molecular complexity index is 846. The summed E-state index contributed by atoms with van der Waals surface area (Å²) in [4.78, 5) is 0. The summed E-state index contributed by atoms with van der Waals surface area (Å²) in [6, 6.07) is 11.5. The van der Waals surface area contributed by atoms with Crippen molar-refractivity contribution in [1.29, 1.82) is 0 Å². The third kappa shape index (κ3) is 2.66. The molecule has 2 heteroatoms. The highest BCUT2D eigenvalue weighted by atomic mass is 19.1. The number of benzene rings is 2. The predicted molar refractivity (Wildman–Crippen MR) is 88.8 cm³/mol. The molecule has 0 bridgehead atoms. The summed E-state index contributed by atoms with van der Waals surface area (Å²) < 4.78 is 20.1. The maximum Gasteiger partial charge on any atom is 0.165 e. The zero-order valence-corrected chi connectivity index (χ0v) is 13.5. The van der Waals surface area contributed by atoms with E-state index in [2.05, 4.69) is 32.1 Å². The molecule has 0 spiro atoms. The standard InChI is InChI=1S/C20H21FO/c1-13-7-5-6-8-15(13)11-16-9-10-17(21)19-18(16)14(2)12-20(3,4)22-19/h5-11H,12H2,1-4H3/b16-11-. The van der Waals surface area contributed by atoms with Gasteiger partial charge in [0.25, 0.3) is 0 Å². The molecule has 0 saturated heterocycles. The molecule has 2 aromatic rings. The molecule has 0 aliphatic carbocycles. The normalized spacial score (nSPS) is 17.1. The predicted octanol–water partition coefficient (Wildman–Crippen LogP) is 3.69. The van der Waals surface area contributed by atoms with Crippen LogP contribution in [0.25, 0.3) is 11.6 Å². The van der Waals surface area contributed by atoms with E-state index >= 15 is 0 Å². The molecule has 114 valence electrons. The van der Waals surface area contributed by atoms with Crippen molar-refractivity contribution in [2.75, 3.05) is 0 Å². The number of hydrogen-bond acceptors (Lipinski definition) is 1. The van der Waals surface area contributed by atoms with Gasteiger partial charge in [-0.1, -0.05) is 35.9 Å². The van der Waals surface area contributed by atoms with Crippen molar-refractivity contribution in [3.63, 3.8) is 0 Å². The van der Waals surface area contributed by atoms with E-state index in [1.807, 2.05) is 32.0 Å². The third-order valence-corrected chi connectivity index (χ3v) is 4.14. The second kappa shape index (κ2) is 5.28. The van der Waals surface area contributed by atoms with Gasteiger partial charge in [0.2, 0.25) is 0 Å². The number of ether oxygens (including phenoxy) is 1. The summed E-state index contributed by atoms with van der Waals surface area (Å²) in [5.41, 5.74) is 3.16. The molecule has 0 atom stereocenters. The fraction of sp³-hybridized carbons (Fsp3) is 0.300. The molecule has 0 unspecified atom stereocenters. The lowest BCUT2D eigenvalue weighted by atomic mass is 9.93. The molecule has 1 aliphatic heterocycles. The van der Waals surface area contributed by atoms with Crippen LogP contribution < -0.4 is 15.2 Å². The zero-order valence-electron chi connectivity index (χ0n) is 13.5. The Kier molecular flexibility index (Phi) is 3.56. The Morgan fingerprint density at radius 3 is 2.55 bits per heavy atom. The van der Waals surface area contributed by atoms with Gasteiger partial charge in [0.1, 0.15) is 5.60 Å². The van der Waals surface area contributed by atoms with Crippen molar-refractivity contribution < 1.29 is 9.13 Å². The van der Waals surface area contributed by atoms with Gasteiger partial charge in [0.05, 0.1) is 0 Å². The fourth-order valence-electron chi connectivity index (χ4n) is 3.19. The first-order valence-corrected chi connectivity index (χ1v) is 7.62. The first kappa shape index (κ1) is 14.8. The number of fused-ring (bicyclic) bond motifs is 1. The molecule has 1 heterocycles. The first-order valence-electron chi connectivity index (χ1n) is 7.62. The van der Waals surface area contributed by atoms with Gasteiger partial charge in [-0.3, -0.25) is 0 Å². The van der Waals surface area contributed by atoms with E-state index in [1.54, 1.807) is 0 Å². The number of aryl methyl sites for hydroxylation is 1.